The van der Waals surface area contributed by atoms with Gasteiger partial charge < -0.3 is 10.6 Å². The van der Waals surface area contributed by atoms with Gasteiger partial charge in [0.25, 0.3) is 0 Å². The lowest BCUT2D eigenvalue weighted by atomic mass is 9.99. The maximum absolute atomic E-state index is 6.14. The summed E-state index contributed by atoms with van der Waals surface area (Å²) in [6, 6.07) is 12.7. The predicted molar refractivity (Wildman–Crippen MR) is 79.4 cm³/mol. The van der Waals surface area contributed by atoms with Gasteiger partial charge in [0, 0.05) is 25.2 Å². The van der Waals surface area contributed by atoms with Crippen LogP contribution >= 0.6 is 0 Å². The van der Waals surface area contributed by atoms with Gasteiger partial charge in [0.2, 0.25) is 0 Å². The first-order chi connectivity index (χ1) is 9.25. The molecule has 2 N–H and O–H groups in total. The molecule has 0 spiro atoms. The molecule has 1 unspecified atom stereocenters. The summed E-state index contributed by atoms with van der Waals surface area (Å²) in [6.07, 6.45) is 3.01. The Morgan fingerprint density at radius 1 is 1.21 bits per heavy atom. The van der Waals surface area contributed by atoms with Gasteiger partial charge in [-0.2, -0.15) is 0 Å². The summed E-state index contributed by atoms with van der Waals surface area (Å²) in [7, 11) is 0. The van der Waals surface area contributed by atoms with Crippen LogP contribution in [0.5, 0.6) is 0 Å². The van der Waals surface area contributed by atoms with E-state index < -0.39 is 0 Å². The molecule has 1 aromatic carbocycles. The monoisotopic (exact) mass is 253 g/mol. The van der Waals surface area contributed by atoms with Gasteiger partial charge in [-0.25, -0.2) is 4.98 Å². The highest BCUT2D eigenvalue weighted by molar-refractivity contribution is 5.66. The van der Waals surface area contributed by atoms with Crippen LogP contribution in [0.3, 0.4) is 0 Å². The molecule has 2 aromatic rings. The Morgan fingerprint density at radius 2 is 2.00 bits per heavy atom. The van der Waals surface area contributed by atoms with E-state index in [0.717, 1.165) is 30.2 Å². The molecule has 1 aromatic heterocycles. The van der Waals surface area contributed by atoms with E-state index in [2.05, 4.69) is 40.2 Å². The highest BCUT2D eigenvalue weighted by atomic mass is 15.2. The molecule has 1 fully saturated rings. The minimum absolute atomic E-state index is 0.586. The molecule has 3 nitrogen and oxygen atoms in total. The third kappa shape index (κ3) is 2.28. The van der Waals surface area contributed by atoms with Crippen molar-refractivity contribution in [3.05, 3.63) is 53.7 Å². The van der Waals surface area contributed by atoms with Gasteiger partial charge in [0.15, 0.2) is 5.82 Å². The van der Waals surface area contributed by atoms with Crippen molar-refractivity contribution in [1.29, 1.82) is 0 Å². The summed E-state index contributed by atoms with van der Waals surface area (Å²) in [5.41, 5.74) is 9.48. The summed E-state index contributed by atoms with van der Waals surface area (Å²) in [5, 5.41) is 0. The number of nitrogen functional groups attached to an aromatic ring is 1. The van der Waals surface area contributed by atoms with Crippen LogP contribution in [-0.4, -0.2) is 18.1 Å². The molecule has 1 saturated heterocycles. The number of anilines is 2. The topological polar surface area (TPSA) is 42.2 Å². The molecule has 0 aliphatic carbocycles. The van der Waals surface area contributed by atoms with E-state index >= 15 is 0 Å². The van der Waals surface area contributed by atoms with E-state index in [4.69, 9.17) is 5.73 Å². The quantitative estimate of drug-likeness (QED) is 0.894. The third-order valence-electron chi connectivity index (χ3n) is 3.95. The number of pyridine rings is 1. The average Bonchev–Trinajstić information content (AvgIpc) is 2.92. The normalized spacial score (nSPS) is 18.8. The predicted octanol–water partition coefficient (Wildman–Crippen LogP) is 2.97. The third-order valence-corrected chi connectivity index (χ3v) is 3.95. The van der Waals surface area contributed by atoms with E-state index in [-0.39, 0.29) is 0 Å². The number of benzene rings is 1. The SMILES string of the molecule is Cc1ccnc(N2CCC(c3ccccc3)C2)c1N. The van der Waals surface area contributed by atoms with Crippen molar-refractivity contribution in [3.63, 3.8) is 0 Å². The highest BCUT2D eigenvalue weighted by Crippen LogP contribution is 2.32. The fourth-order valence-electron chi connectivity index (χ4n) is 2.76. The van der Waals surface area contributed by atoms with Gasteiger partial charge in [0.1, 0.15) is 0 Å². The van der Waals surface area contributed by atoms with Crippen molar-refractivity contribution in [2.75, 3.05) is 23.7 Å². The molecule has 98 valence electrons. The van der Waals surface area contributed by atoms with E-state index in [1.807, 2.05) is 19.2 Å². The molecule has 1 atom stereocenters. The molecular formula is C16H19N3. The summed E-state index contributed by atoms with van der Waals surface area (Å²) >= 11 is 0. The van der Waals surface area contributed by atoms with E-state index in [9.17, 15) is 0 Å². The van der Waals surface area contributed by atoms with Crippen LogP contribution < -0.4 is 10.6 Å². The fraction of sp³-hybridized carbons (Fsp3) is 0.312. The minimum Gasteiger partial charge on any atom is -0.396 e. The molecule has 0 amide bonds. The van der Waals surface area contributed by atoms with Gasteiger partial charge in [-0.15, -0.1) is 0 Å². The summed E-state index contributed by atoms with van der Waals surface area (Å²) in [6.45, 7) is 4.07. The van der Waals surface area contributed by atoms with Crippen molar-refractivity contribution in [2.24, 2.45) is 0 Å². The van der Waals surface area contributed by atoms with Crippen LogP contribution in [0.15, 0.2) is 42.6 Å². The molecule has 3 heteroatoms. The molecule has 1 aliphatic heterocycles. The maximum Gasteiger partial charge on any atom is 0.152 e. The smallest absolute Gasteiger partial charge is 0.152 e. The fourth-order valence-corrected chi connectivity index (χ4v) is 2.76. The lowest BCUT2D eigenvalue weighted by molar-refractivity contribution is 0.774. The molecule has 0 radical (unpaired) electrons. The summed E-state index contributed by atoms with van der Waals surface area (Å²) < 4.78 is 0. The molecule has 0 saturated carbocycles. The molecule has 1 aliphatic rings. The van der Waals surface area contributed by atoms with Crippen LogP contribution in [0.25, 0.3) is 0 Å². The molecule has 3 rings (SSSR count). The second-order valence-corrected chi connectivity index (χ2v) is 5.21. The van der Waals surface area contributed by atoms with E-state index in [1.165, 1.54) is 12.0 Å². The molecule has 0 bridgehead atoms. The number of nitrogens with zero attached hydrogens (tertiary/aromatic N) is 2. The first kappa shape index (κ1) is 12.0. The molecule has 2 heterocycles. The van der Waals surface area contributed by atoms with E-state index in [0.29, 0.717) is 5.92 Å². The van der Waals surface area contributed by atoms with Crippen LogP contribution in [0.4, 0.5) is 11.5 Å². The van der Waals surface area contributed by atoms with Gasteiger partial charge in [0.05, 0.1) is 5.69 Å². The largest absolute Gasteiger partial charge is 0.396 e. The summed E-state index contributed by atoms with van der Waals surface area (Å²) in [4.78, 5) is 6.76. The van der Waals surface area contributed by atoms with Crippen LogP contribution in [0.1, 0.15) is 23.5 Å². The van der Waals surface area contributed by atoms with Crippen LogP contribution in [0.2, 0.25) is 0 Å². The van der Waals surface area contributed by atoms with Crippen LogP contribution in [0, 0.1) is 6.92 Å². The Labute approximate surface area is 114 Å². The first-order valence-corrected chi connectivity index (χ1v) is 6.76. The number of aryl methyl sites for hydroxylation is 1. The van der Waals surface area contributed by atoms with Crippen molar-refractivity contribution < 1.29 is 0 Å². The number of hydrogen-bond acceptors (Lipinski definition) is 3. The zero-order valence-corrected chi connectivity index (χ0v) is 11.2. The number of nitrogens with two attached hydrogens (primary N) is 1. The maximum atomic E-state index is 6.14. The molecular weight excluding hydrogens is 234 g/mol. The van der Waals surface area contributed by atoms with Crippen molar-refractivity contribution in [1.82, 2.24) is 4.98 Å². The Hall–Kier alpha value is -2.03. The Bertz CT molecular complexity index is 565. The first-order valence-electron chi connectivity index (χ1n) is 6.76. The Kier molecular flexibility index (Phi) is 3.11. The second kappa shape index (κ2) is 4.92. The van der Waals surface area contributed by atoms with Crippen molar-refractivity contribution >= 4 is 11.5 Å². The van der Waals surface area contributed by atoms with Gasteiger partial charge in [-0.3, -0.25) is 0 Å². The number of aromatic nitrogens is 1. The molecule has 19 heavy (non-hydrogen) atoms. The summed E-state index contributed by atoms with van der Waals surface area (Å²) in [5.74, 6) is 1.53. The second-order valence-electron chi connectivity index (χ2n) is 5.21. The van der Waals surface area contributed by atoms with Crippen molar-refractivity contribution in [2.45, 2.75) is 19.3 Å². The average molecular weight is 253 g/mol. The highest BCUT2D eigenvalue weighted by Gasteiger charge is 2.25. The Morgan fingerprint density at radius 3 is 2.79 bits per heavy atom. The standard InChI is InChI=1S/C16H19N3/c1-12-7-9-18-16(15(12)17)19-10-8-14(11-19)13-5-3-2-4-6-13/h2-7,9,14H,8,10-11,17H2,1H3. The van der Waals surface area contributed by atoms with E-state index in [1.54, 1.807) is 0 Å². The lowest BCUT2D eigenvalue weighted by Crippen LogP contribution is -2.22. The van der Waals surface area contributed by atoms with Crippen molar-refractivity contribution in [3.8, 4) is 0 Å². The van der Waals surface area contributed by atoms with Gasteiger partial charge >= 0.3 is 0 Å². The van der Waals surface area contributed by atoms with Gasteiger partial charge in [-0.05, 0) is 30.5 Å². The number of hydrogen-bond donors (Lipinski definition) is 1. The lowest BCUT2D eigenvalue weighted by Gasteiger charge is -2.20. The zero-order chi connectivity index (χ0) is 13.2. The van der Waals surface area contributed by atoms with Gasteiger partial charge in [-0.1, -0.05) is 30.3 Å². The van der Waals surface area contributed by atoms with Crippen LogP contribution in [-0.2, 0) is 0 Å². The minimum atomic E-state index is 0.586. The Balaban J connectivity index is 1.81. The zero-order valence-electron chi connectivity index (χ0n) is 11.2. The number of rotatable bonds is 2.